The summed E-state index contributed by atoms with van der Waals surface area (Å²) in [4.78, 5) is 27.6. The van der Waals surface area contributed by atoms with Gasteiger partial charge in [0.2, 0.25) is 0 Å². The fourth-order valence-corrected chi connectivity index (χ4v) is 4.29. The molecule has 0 unspecified atom stereocenters. The number of ether oxygens (including phenoxy) is 1. The van der Waals surface area contributed by atoms with E-state index in [9.17, 15) is 22.4 Å². The Hall–Kier alpha value is -2.73. The highest BCUT2D eigenvalue weighted by Gasteiger charge is 2.18. The fraction of sp³-hybridized carbons (Fsp3) is 0.421. The minimum atomic E-state index is -3.53. The van der Waals surface area contributed by atoms with Crippen LogP contribution in [-0.2, 0) is 26.9 Å². The molecule has 31 heavy (non-hydrogen) atoms. The summed E-state index contributed by atoms with van der Waals surface area (Å²) in [7, 11) is -3.53. The van der Waals surface area contributed by atoms with Gasteiger partial charge in [-0.15, -0.1) is 11.3 Å². The number of nitrogens with one attached hydrogen (secondary N) is 3. The van der Waals surface area contributed by atoms with Crippen LogP contribution < -0.4 is 16.0 Å². The van der Waals surface area contributed by atoms with Gasteiger partial charge in [0.1, 0.15) is 11.4 Å². The number of alkyl carbamates (subject to hydrolysis) is 1. The van der Waals surface area contributed by atoms with E-state index in [1.54, 1.807) is 32.9 Å². The minimum absolute atomic E-state index is 0.0883. The molecule has 0 fully saturated rings. The van der Waals surface area contributed by atoms with Crippen molar-refractivity contribution < 1.29 is 27.1 Å². The van der Waals surface area contributed by atoms with E-state index in [1.807, 2.05) is 0 Å². The molecule has 12 heteroatoms. The third-order valence-electron chi connectivity index (χ3n) is 3.56. The molecule has 0 aliphatic heterocycles. The Morgan fingerprint density at radius 3 is 2.65 bits per heavy atom. The lowest BCUT2D eigenvalue weighted by Gasteiger charge is -2.19. The van der Waals surface area contributed by atoms with Crippen LogP contribution in [-0.4, -0.2) is 43.4 Å². The van der Waals surface area contributed by atoms with Crippen LogP contribution in [0.4, 0.5) is 19.1 Å². The molecule has 1 heterocycles. The molecule has 0 aliphatic carbocycles. The Labute approximate surface area is 184 Å². The predicted molar refractivity (Wildman–Crippen MR) is 116 cm³/mol. The van der Waals surface area contributed by atoms with Crippen molar-refractivity contribution >= 4 is 38.4 Å². The van der Waals surface area contributed by atoms with Crippen LogP contribution in [0.25, 0.3) is 0 Å². The monoisotopic (exact) mass is 472 g/mol. The molecule has 0 saturated carbocycles. The van der Waals surface area contributed by atoms with Crippen LogP contribution in [0.3, 0.4) is 0 Å². The van der Waals surface area contributed by atoms with Crippen molar-refractivity contribution in [2.45, 2.75) is 38.7 Å². The summed E-state index contributed by atoms with van der Waals surface area (Å²) in [6.45, 7) is 5.16. The first-order valence-electron chi connectivity index (χ1n) is 9.33. The van der Waals surface area contributed by atoms with Gasteiger partial charge >= 0.3 is 12.1 Å². The van der Waals surface area contributed by atoms with Gasteiger partial charge < -0.3 is 15.4 Å². The molecule has 1 aromatic carbocycles. The van der Waals surface area contributed by atoms with Gasteiger partial charge in [-0.05, 0) is 38.5 Å². The molecule has 9 nitrogen and oxygen atoms in total. The molecular formula is C19H25FN4O5S2. The van der Waals surface area contributed by atoms with Gasteiger partial charge in [0.25, 0.3) is 0 Å². The average Bonchev–Trinajstić information content (AvgIpc) is 3.04. The Bertz CT molecular complexity index is 1020. The largest absolute Gasteiger partial charge is 0.444 e. The molecule has 0 atom stereocenters. The maximum Gasteiger partial charge on any atom is 0.407 e. The van der Waals surface area contributed by atoms with Crippen molar-refractivity contribution in [3.8, 4) is 0 Å². The molecule has 2 rings (SSSR count). The Morgan fingerprint density at radius 2 is 1.97 bits per heavy atom. The second-order valence-electron chi connectivity index (χ2n) is 7.60. The van der Waals surface area contributed by atoms with Crippen molar-refractivity contribution in [2.24, 2.45) is 0 Å². The summed E-state index contributed by atoms with van der Waals surface area (Å²) in [6.07, 6.45) is -0.688. The maximum absolute atomic E-state index is 13.1. The zero-order valence-electron chi connectivity index (χ0n) is 17.4. The summed E-state index contributed by atoms with van der Waals surface area (Å²) in [5.41, 5.74) is 0.208. The Kier molecular flexibility index (Phi) is 8.34. The van der Waals surface area contributed by atoms with Crippen LogP contribution in [0.15, 0.2) is 29.6 Å². The van der Waals surface area contributed by atoms with E-state index in [1.165, 1.54) is 17.5 Å². The van der Waals surface area contributed by atoms with E-state index < -0.39 is 33.4 Å². The topological polar surface area (TPSA) is 126 Å². The van der Waals surface area contributed by atoms with Crippen LogP contribution in [0.5, 0.6) is 0 Å². The van der Waals surface area contributed by atoms with Crippen LogP contribution in [0.1, 0.15) is 32.0 Å². The summed E-state index contributed by atoms with van der Waals surface area (Å²) in [5, 5.41) is 9.23. The highest BCUT2D eigenvalue weighted by Crippen LogP contribution is 2.17. The quantitative estimate of drug-likeness (QED) is 0.542. The normalized spacial score (nSPS) is 11.6. The second-order valence-corrected chi connectivity index (χ2v) is 10.6. The summed E-state index contributed by atoms with van der Waals surface area (Å²) < 4.78 is 42.6. The molecule has 1 aromatic heterocycles. The highest BCUT2D eigenvalue weighted by atomic mass is 32.2. The van der Waals surface area contributed by atoms with E-state index in [4.69, 9.17) is 4.74 Å². The Morgan fingerprint density at radius 1 is 1.23 bits per heavy atom. The number of carbonyl (C=O) groups excluding carboxylic acids is 2. The van der Waals surface area contributed by atoms with E-state index >= 15 is 0 Å². The lowest BCUT2D eigenvalue weighted by Crippen LogP contribution is -2.35. The lowest BCUT2D eigenvalue weighted by atomic mass is 10.2. The van der Waals surface area contributed by atoms with Crippen molar-refractivity contribution in [3.05, 3.63) is 46.7 Å². The molecule has 0 radical (unpaired) electrons. The van der Waals surface area contributed by atoms with Crippen molar-refractivity contribution in [1.29, 1.82) is 0 Å². The summed E-state index contributed by atoms with van der Waals surface area (Å²) in [5.74, 6) is -1.00. The molecule has 3 amide bonds. The van der Waals surface area contributed by atoms with E-state index in [0.717, 1.165) is 11.3 Å². The summed E-state index contributed by atoms with van der Waals surface area (Å²) >= 11 is 1.08. The first-order chi connectivity index (χ1) is 14.4. The number of halogens is 1. The predicted octanol–water partition coefficient (Wildman–Crippen LogP) is 3.04. The third kappa shape index (κ3) is 9.75. The van der Waals surface area contributed by atoms with Gasteiger partial charge in [0.15, 0.2) is 15.0 Å². The molecule has 170 valence electrons. The number of carbonyl (C=O) groups is 2. The van der Waals surface area contributed by atoms with E-state index in [0.29, 0.717) is 5.56 Å². The van der Waals surface area contributed by atoms with Gasteiger partial charge in [0.05, 0.1) is 17.2 Å². The number of sulfone groups is 1. The number of thiazole rings is 1. The van der Waals surface area contributed by atoms with Crippen molar-refractivity contribution in [2.75, 3.05) is 17.6 Å². The molecule has 2 aromatic rings. The SMILES string of the molecule is CC(C)(C)OC(=O)NCCS(=O)(=O)Cc1csc(NC(=O)NCc2cccc(F)c2)n1. The van der Waals surface area contributed by atoms with E-state index in [2.05, 4.69) is 20.9 Å². The third-order valence-corrected chi connectivity index (χ3v) is 5.93. The van der Waals surface area contributed by atoms with Crippen molar-refractivity contribution in [1.82, 2.24) is 15.6 Å². The number of anilines is 1. The number of urea groups is 1. The molecule has 0 aliphatic rings. The molecule has 0 spiro atoms. The van der Waals surface area contributed by atoms with Gasteiger partial charge in [-0.25, -0.2) is 27.4 Å². The van der Waals surface area contributed by atoms with Gasteiger partial charge in [-0.3, -0.25) is 5.32 Å². The number of hydrogen-bond donors (Lipinski definition) is 3. The molecule has 3 N–H and O–H groups in total. The zero-order chi connectivity index (χ0) is 23.1. The zero-order valence-corrected chi connectivity index (χ0v) is 19.0. The summed E-state index contributed by atoms with van der Waals surface area (Å²) in [6, 6.07) is 5.29. The maximum atomic E-state index is 13.1. The van der Waals surface area contributed by atoms with Gasteiger partial charge in [-0.1, -0.05) is 12.1 Å². The van der Waals surface area contributed by atoms with Crippen molar-refractivity contribution in [3.63, 3.8) is 0 Å². The number of amides is 3. The minimum Gasteiger partial charge on any atom is -0.444 e. The van der Waals surface area contributed by atoms with Crippen LogP contribution >= 0.6 is 11.3 Å². The first kappa shape index (κ1) is 24.5. The van der Waals surface area contributed by atoms with Crippen LogP contribution in [0, 0.1) is 5.82 Å². The molecule has 0 saturated heterocycles. The standard InChI is InChI=1S/C19H25FN4O5S2/c1-19(2,3)29-18(26)21-7-8-31(27,28)12-15-11-30-17(23-15)24-16(25)22-10-13-5-4-6-14(20)9-13/h4-6,9,11H,7-8,10,12H2,1-3H3,(H,21,26)(H2,22,23,24,25). The first-order valence-corrected chi connectivity index (χ1v) is 12.0. The highest BCUT2D eigenvalue weighted by molar-refractivity contribution is 7.90. The van der Waals surface area contributed by atoms with Gasteiger partial charge in [0, 0.05) is 18.5 Å². The number of nitrogens with zero attached hydrogens (tertiary/aromatic N) is 1. The molecular weight excluding hydrogens is 447 g/mol. The number of benzene rings is 1. The number of hydrogen-bond acceptors (Lipinski definition) is 7. The van der Waals surface area contributed by atoms with Gasteiger partial charge in [-0.2, -0.15) is 0 Å². The second kappa shape index (κ2) is 10.5. The fourth-order valence-electron chi connectivity index (χ4n) is 2.32. The molecule has 0 bridgehead atoms. The smallest absolute Gasteiger partial charge is 0.407 e. The van der Waals surface area contributed by atoms with Crippen LogP contribution in [0.2, 0.25) is 0 Å². The van der Waals surface area contributed by atoms with E-state index in [-0.39, 0.29) is 35.4 Å². The average molecular weight is 473 g/mol. The number of aromatic nitrogens is 1. The lowest BCUT2D eigenvalue weighted by molar-refractivity contribution is 0.0531. The number of rotatable bonds is 8. The Balaban J connectivity index is 1.78.